The van der Waals surface area contributed by atoms with Crippen LogP contribution in [0.2, 0.25) is 0 Å². The number of aryl methyl sites for hydroxylation is 2. The molecule has 0 fully saturated rings. The van der Waals surface area contributed by atoms with Crippen LogP contribution in [0, 0.1) is 25.7 Å². The van der Waals surface area contributed by atoms with Crippen LogP contribution in [0.4, 0.5) is 0 Å². The lowest BCUT2D eigenvalue weighted by Gasteiger charge is -2.16. The lowest BCUT2D eigenvalue weighted by molar-refractivity contribution is -0.150. The third kappa shape index (κ3) is 4.25. The van der Waals surface area contributed by atoms with Crippen LogP contribution in [0.3, 0.4) is 0 Å². The van der Waals surface area contributed by atoms with E-state index < -0.39 is 29.4 Å². The van der Waals surface area contributed by atoms with Gasteiger partial charge in [0.2, 0.25) is 0 Å². The molecule has 0 amide bonds. The quantitative estimate of drug-likeness (QED) is 0.459. The average Bonchev–Trinajstić information content (AvgIpc) is 2.37. The van der Waals surface area contributed by atoms with Crippen LogP contribution in [0.25, 0.3) is 0 Å². The van der Waals surface area contributed by atoms with Gasteiger partial charge in [0, 0.05) is 11.5 Å². The van der Waals surface area contributed by atoms with E-state index in [9.17, 15) is 14.4 Å². The zero-order chi connectivity index (χ0) is 16.2. The van der Waals surface area contributed by atoms with Gasteiger partial charge in [0.05, 0.1) is 6.61 Å². The van der Waals surface area contributed by atoms with E-state index in [0.717, 1.165) is 11.1 Å². The van der Waals surface area contributed by atoms with Gasteiger partial charge < -0.3 is 4.74 Å². The summed E-state index contributed by atoms with van der Waals surface area (Å²) in [4.78, 5) is 36.8. The molecule has 0 spiro atoms. The monoisotopic (exact) mass is 290 g/mol. The number of carbonyl (C=O) groups is 3. The number of hydrogen-bond donors (Lipinski definition) is 0. The maximum atomic E-state index is 12.6. The van der Waals surface area contributed by atoms with E-state index in [0.29, 0.717) is 5.56 Å². The molecule has 1 aromatic rings. The fraction of sp³-hybridized carbons (Fsp3) is 0.471. The second-order valence-electron chi connectivity index (χ2n) is 5.48. The van der Waals surface area contributed by atoms with Gasteiger partial charge in [-0.2, -0.15) is 0 Å². The summed E-state index contributed by atoms with van der Waals surface area (Å²) in [6.07, 6.45) is 0. The number of rotatable bonds is 6. The Morgan fingerprint density at radius 3 is 2.00 bits per heavy atom. The molecule has 1 atom stereocenters. The second-order valence-corrected chi connectivity index (χ2v) is 5.48. The molecule has 1 rings (SSSR count). The molecule has 1 unspecified atom stereocenters. The molecule has 4 nitrogen and oxygen atoms in total. The molecule has 0 saturated heterocycles. The summed E-state index contributed by atoms with van der Waals surface area (Å²) in [5.41, 5.74) is 2.20. The number of benzene rings is 1. The molecular formula is C17H22O4. The van der Waals surface area contributed by atoms with Gasteiger partial charge in [0.25, 0.3) is 0 Å². The molecule has 0 heterocycles. The van der Waals surface area contributed by atoms with Crippen LogP contribution >= 0.6 is 0 Å². The van der Waals surface area contributed by atoms with Gasteiger partial charge in [-0.15, -0.1) is 0 Å². The summed E-state index contributed by atoms with van der Waals surface area (Å²) < 4.78 is 4.90. The van der Waals surface area contributed by atoms with Crippen molar-refractivity contribution < 1.29 is 19.1 Å². The van der Waals surface area contributed by atoms with Crippen molar-refractivity contribution in [3.63, 3.8) is 0 Å². The number of carbonyl (C=O) groups excluding carboxylic acids is 3. The van der Waals surface area contributed by atoms with Crippen LogP contribution < -0.4 is 0 Å². The van der Waals surface area contributed by atoms with Crippen molar-refractivity contribution in [2.24, 2.45) is 11.8 Å². The van der Waals surface area contributed by atoms with Crippen LogP contribution in [0.15, 0.2) is 18.2 Å². The average molecular weight is 290 g/mol. The zero-order valence-corrected chi connectivity index (χ0v) is 13.2. The molecule has 21 heavy (non-hydrogen) atoms. The summed E-state index contributed by atoms with van der Waals surface area (Å²) in [5.74, 6) is -3.43. The standard InChI is InChI=1S/C17H22O4/c1-6-21-17(20)14(15(18)10(2)3)16(19)13-8-11(4)7-12(5)9-13/h7-10,14H,6H2,1-5H3. The van der Waals surface area contributed by atoms with Gasteiger partial charge >= 0.3 is 5.97 Å². The molecule has 0 N–H and O–H groups in total. The highest BCUT2D eigenvalue weighted by Crippen LogP contribution is 2.18. The predicted octanol–water partition coefficient (Wildman–Crippen LogP) is 2.89. The molecule has 0 radical (unpaired) electrons. The fourth-order valence-corrected chi connectivity index (χ4v) is 2.19. The van der Waals surface area contributed by atoms with E-state index in [4.69, 9.17) is 4.74 Å². The molecule has 114 valence electrons. The smallest absolute Gasteiger partial charge is 0.324 e. The molecule has 1 aromatic carbocycles. The minimum Gasteiger partial charge on any atom is -0.465 e. The first-order chi connectivity index (χ1) is 9.77. The summed E-state index contributed by atoms with van der Waals surface area (Å²) in [6, 6.07) is 5.31. The van der Waals surface area contributed by atoms with Crippen molar-refractivity contribution in [2.45, 2.75) is 34.6 Å². The normalized spacial score (nSPS) is 12.1. The van der Waals surface area contributed by atoms with Crippen molar-refractivity contribution in [1.29, 1.82) is 0 Å². The van der Waals surface area contributed by atoms with Gasteiger partial charge in [-0.05, 0) is 32.9 Å². The minimum atomic E-state index is -1.37. The molecule has 0 aliphatic rings. The maximum Gasteiger partial charge on any atom is 0.324 e. The Morgan fingerprint density at radius 2 is 1.57 bits per heavy atom. The van der Waals surface area contributed by atoms with Crippen molar-refractivity contribution >= 4 is 17.5 Å². The van der Waals surface area contributed by atoms with Gasteiger partial charge in [-0.1, -0.05) is 31.0 Å². The lowest BCUT2D eigenvalue weighted by Crippen LogP contribution is -2.36. The number of esters is 1. The van der Waals surface area contributed by atoms with Gasteiger partial charge in [0.15, 0.2) is 17.5 Å². The van der Waals surface area contributed by atoms with E-state index >= 15 is 0 Å². The van der Waals surface area contributed by atoms with Crippen LogP contribution in [-0.4, -0.2) is 24.1 Å². The van der Waals surface area contributed by atoms with Crippen LogP contribution in [-0.2, 0) is 14.3 Å². The van der Waals surface area contributed by atoms with E-state index in [1.807, 2.05) is 19.9 Å². The van der Waals surface area contributed by atoms with Gasteiger partial charge in [0.1, 0.15) is 0 Å². The summed E-state index contributed by atoms with van der Waals surface area (Å²) in [7, 11) is 0. The second kappa shape index (κ2) is 7.16. The Morgan fingerprint density at radius 1 is 1.05 bits per heavy atom. The number of ketones is 2. The van der Waals surface area contributed by atoms with E-state index in [1.165, 1.54) is 0 Å². The molecule has 0 aliphatic heterocycles. The topological polar surface area (TPSA) is 60.4 Å². The van der Waals surface area contributed by atoms with Crippen molar-refractivity contribution in [2.75, 3.05) is 6.61 Å². The minimum absolute atomic E-state index is 0.140. The first-order valence-electron chi connectivity index (χ1n) is 7.10. The maximum absolute atomic E-state index is 12.6. The van der Waals surface area contributed by atoms with Crippen LogP contribution in [0.5, 0.6) is 0 Å². The van der Waals surface area contributed by atoms with E-state index in [-0.39, 0.29) is 6.61 Å². The highest BCUT2D eigenvalue weighted by Gasteiger charge is 2.37. The van der Waals surface area contributed by atoms with Gasteiger partial charge in [-0.3, -0.25) is 14.4 Å². The Hall–Kier alpha value is -1.97. The fourth-order valence-electron chi connectivity index (χ4n) is 2.19. The lowest BCUT2D eigenvalue weighted by atomic mass is 9.87. The third-order valence-corrected chi connectivity index (χ3v) is 3.14. The highest BCUT2D eigenvalue weighted by atomic mass is 16.5. The first kappa shape index (κ1) is 17.1. The summed E-state index contributed by atoms with van der Waals surface area (Å²) in [6.45, 7) is 8.87. The Kier molecular flexibility index (Phi) is 5.82. The largest absolute Gasteiger partial charge is 0.465 e. The molecule has 0 aromatic heterocycles. The predicted molar refractivity (Wildman–Crippen MR) is 80.2 cm³/mol. The third-order valence-electron chi connectivity index (χ3n) is 3.14. The molecule has 0 bridgehead atoms. The number of ether oxygens (including phenoxy) is 1. The number of Topliss-reactive ketones (excluding diaryl/α,β-unsaturated/α-hetero) is 2. The number of hydrogen-bond acceptors (Lipinski definition) is 4. The molecule has 4 heteroatoms. The molecule has 0 aliphatic carbocycles. The van der Waals surface area contributed by atoms with E-state index in [2.05, 4.69) is 0 Å². The Labute approximate surface area is 125 Å². The SMILES string of the molecule is CCOC(=O)C(C(=O)c1cc(C)cc(C)c1)C(=O)C(C)C. The highest BCUT2D eigenvalue weighted by molar-refractivity contribution is 6.22. The molecular weight excluding hydrogens is 268 g/mol. The summed E-state index contributed by atoms with van der Waals surface area (Å²) in [5, 5.41) is 0. The van der Waals surface area contributed by atoms with Crippen molar-refractivity contribution in [1.82, 2.24) is 0 Å². The summed E-state index contributed by atoms with van der Waals surface area (Å²) >= 11 is 0. The van der Waals surface area contributed by atoms with E-state index in [1.54, 1.807) is 32.9 Å². The zero-order valence-electron chi connectivity index (χ0n) is 13.2. The Bertz CT molecular complexity index is 538. The van der Waals surface area contributed by atoms with Crippen molar-refractivity contribution in [3.8, 4) is 0 Å². The molecule has 0 saturated carbocycles. The Balaban J connectivity index is 3.21. The van der Waals surface area contributed by atoms with Crippen LogP contribution in [0.1, 0.15) is 42.3 Å². The first-order valence-corrected chi connectivity index (χ1v) is 7.10. The van der Waals surface area contributed by atoms with Crippen molar-refractivity contribution in [3.05, 3.63) is 34.9 Å². The van der Waals surface area contributed by atoms with Gasteiger partial charge in [-0.25, -0.2) is 0 Å².